The number of anilines is 1. The van der Waals surface area contributed by atoms with Gasteiger partial charge in [-0.15, -0.1) is 24.0 Å². The first-order chi connectivity index (χ1) is 13.5. The van der Waals surface area contributed by atoms with E-state index in [1.807, 2.05) is 25.1 Å². The van der Waals surface area contributed by atoms with E-state index in [0.717, 1.165) is 50.1 Å². The normalized spacial score (nSPS) is 16.8. The van der Waals surface area contributed by atoms with E-state index in [-0.39, 0.29) is 30.5 Å². The lowest BCUT2D eigenvalue weighted by atomic mass is 10.0. The third kappa shape index (κ3) is 5.79. The van der Waals surface area contributed by atoms with E-state index >= 15 is 0 Å². The molecule has 0 bridgehead atoms. The lowest BCUT2D eigenvalue weighted by molar-refractivity contribution is 0.0434. The van der Waals surface area contributed by atoms with Crippen LogP contribution in [0.1, 0.15) is 19.6 Å². The largest absolute Gasteiger partial charge is 0.495 e. The van der Waals surface area contributed by atoms with Gasteiger partial charge in [-0.1, -0.05) is 12.1 Å². The molecule has 0 aliphatic carbocycles. The second-order valence-corrected chi connectivity index (χ2v) is 7.07. The zero-order chi connectivity index (χ0) is 20.0. The fourth-order valence-electron chi connectivity index (χ4n) is 3.37. The highest BCUT2D eigenvalue weighted by Crippen LogP contribution is 2.28. The number of guanidine groups is 1. The molecule has 7 nitrogen and oxygen atoms in total. The molecule has 1 aromatic carbocycles. The maximum atomic E-state index is 10.7. The molecule has 2 N–H and O–H groups in total. The molecule has 160 valence electrons. The standard InChI is InChI=1S/C21H30N4O3.HI/c1-4-22-20(23-16-21(2,26)19-10-7-15-28-19)25-13-11-24(12-14-25)17-8-5-6-9-18(17)27-3;/h5-10,15,26H,4,11-14,16H2,1-3H3,(H,22,23);1H. The molecule has 0 amide bonds. The number of aliphatic hydroxyl groups is 1. The van der Waals surface area contributed by atoms with E-state index in [1.54, 1.807) is 32.4 Å². The van der Waals surface area contributed by atoms with Gasteiger partial charge < -0.3 is 29.4 Å². The summed E-state index contributed by atoms with van der Waals surface area (Å²) in [6, 6.07) is 11.6. The zero-order valence-corrected chi connectivity index (χ0v) is 19.6. The van der Waals surface area contributed by atoms with E-state index in [2.05, 4.69) is 26.2 Å². The molecule has 0 saturated carbocycles. The Morgan fingerprint density at radius 1 is 1.21 bits per heavy atom. The summed E-state index contributed by atoms with van der Waals surface area (Å²) in [6.45, 7) is 8.20. The van der Waals surface area contributed by atoms with Crippen LogP contribution in [0.15, 0.2) is 52.1 Å². The Kier molecular flexibility index (Phi) is 8.63. The van der Waals surface area contributed by atoms with Crippen molar-refractivity contribution in [3.05, 3.63) is 48.4 Å². The van der Waals surface area contributed by atoms with Gasteiger partial charge in [0.1, 0.15) is 17.1 Å². The minimum atomic E-state index is -1.14. The number of benzene rings is 1. The summed E-state index contributed by atoms with van der Waals surface area (Å²) >= 11 is 0. The minimum Gasteiger partial charge on any atom is -0.495 e. The van der Waals surface area contributed by atoms with Gasteiger partial charge in [0, 0.05) is 32.7 Å². The molecule has 2 heterocycles. The first kappa shape index (κ1) is 23.3. The summed E-state index contributed by atoms with van der Waals surface area (Å²) in [6.07, 6.45) is 1.57. The van der Waals surface area contributed by atoms with Crippen LogP contribution in [0.4, 0.5) is 5.69 Å². The lowest BCUT2D eigenvalue weighted by Gasteiger charge is -2.38. The topological polar surface area (TPSA) is 73.5 Å². The second kappa shape index (κ2) is 10.7. The minimum absolute atomic E-state index is 0. The summed E-state index contributed by atoms with van der Waals surface area (Å²) in [5, 5.41) is 14.0. The summed E-state index contributed by atoms with van der Waals surface area (Å²) < 4.78 is 10.8. The van der Waals surface area contributed by atoms with Gasteiger partial charge in [-0.3, -0.25) is 0 Å². The number of ether oxygens (including phenoxy) is 1. The number of rotatable bonds is 6. The highest BCUT2D eigenvalue weighted by Gasteiger charge is 2.27. The van der Waals surface area contributed by atoms with Crippen LogP contribution in [-0.4, -0.2) is 62.3 Å². The Bertz CT molecular complexity index is 772. The summed E-state index contributed by atoms with van der Waals surface area (Å²) in [4.78, 5) is 9.24. The molecular weight excluding hydrogens is 483 g/mol. The molecule has 0 spiro atoms. The maximum absolute atomic E-state index is 10.7. The molecule has 1 unspecified atom stereocenters. The number of piperazine rings is 1. The smallest absolute Gasteiger partial charge is 0.194 e. The van der Waals surface area contributed by atoms with Gasteiger partial charge in [0.05, 0.1) is 25.6 Å². The monoisotopic (exact) mass is 514 g/mol. The molecule has 1 aliphatic rings. The van der Waals surface area contributed by atoms with E-state index in [4.69, 9.17) is 9.15 Å². The van der Waals surface area contributed by atoms with Crippen molar-refractivity contribution < 1.29 is 14.3 Å². The van der Waals surface area contributed by atoms with Crippen molar-refractivity contribution in [2.45, 2.75) is 19.4 Å². The van der Waals surface area contributed by atoms with E-state index in [9.17, 15) is 5.11 Å². The van der Waals surface area contributed by atoms with E-state index in [0.29, 0.717) is 5.76 Å². The SMILES string of the molecule is CCNC(=NCC(C)(O)c1ccco1)N1CCN(c2ccccc2OC)CC1.I. The van der Waals surface area contributed by atoms with Crippen molar-refractivity contribution >= 4 is 35.6 Å². The Hall–Kier alpha value is -1.94. The van der Waals surface area contributed by atoms with Crippen molar-refractivity contribution in [1.82, 2.24) is 10.2 Å². The number of hydrogen-bond donors (Lipinski definition) is 2. The average molecular weight is 514 g/mol. The Balaban J connectivity index is 0.00000300. The van der Waals surface area contributed by atoms with Crippen LogP contribution >= 0.6 is 24.0 Å². The number of aliphatic imine (C=N–C) groups is 1. The van der Waals surface area contributed by atoms with Gasteiger partial charge >= 0.3 is 0 Å². The predicted octanol–water partition coefficient (Wildman–Crippen LogP) is 2.90. The third-order valence-electron chi connectivity index (χ3n) is 4.93. The van der Waals surface area contributed by atoms with Crippen LogP contribution in [0.25, 0.3) is 0 Å². The number of nitrogens with one attached hydrogen (secondary N) is 1. The lowest BCUT2D eigenvalue weighted by Crippen LogP contribution is -2.53. The van der Waals surface area contributed by atoms with E-state index < -0.39 is 5.60 Å². The molecule has 1 fully saturated rings. The molecule has 8 heteroatoms. The van der Waals surface area contributed by atoms with Crippen LogP contribution in [0.2, 0.25) is 0 Å². The van der Waals surface area contributed by atoms with Gasteiger partial charge in [0.15, 0.2) is 5.96 Å². The summed E-state index contributed by atoms with van der Waals surface area (Å²) in [5.74, 6) is 2.23. The van der Waals surface area contributed by atoms with Gasteiger partial charge in [0.2, 0.25) is 0 Å². The molecule has 1 saturated heterocycles. The molecule has 29 heavy (non-hydrogen) atoms. The van der Waals surface area contributed by atoms with Crippen molar-refractivity contribution in [3.63, 3.8) is 0 Å². The maximum Gasteiger partial charge on any atom is 0.194 e. The van der Waals surface area contributed by atoms with Crippen LogP contribution < -0.4 is 15.0 Å². The van der Waals surface area contributed by atoms with Crippen molar-refractivity contribution in [2.75, 3.05) is 51.3 Å². The molecule has 1 aliphatic heterocycles. The molecule has 2 aromatic rings. The third-order valence-corrected chi connectivity index (χ3v) is 4.93. The van der Waals surface area contributed by atoms with Gasteiger partial charge in [-0.05, 0) is 38.1 Å². The first-order valence-corrected chi connectivity index (χ1v) is 9.72. The molecule has 1 atom stereocenters. The van der Waals surface area contributed by atoms with Crippen molar-refractivity contribution in [1.29, 1.82) is 0 Å². The number of para-hydroxylation sites is 2. The van der Waals surface area contributed by atoms with Crippen LogP contribution in [0.3, 0.4) is 0 Å². The predicted molar refractivity (Wildman–Crippen MR) is 126 cm³/mol. The zero-order valence-electron chi connectivity index (χ0n) is 17.3. The highest BCUT2D eigenvalue weighted by molar-refractivity contribution is 14.0. The quantitative estimate of drug-likeness (QED) is 0.351. The Morgan fingerprint density at radius 2 is 1.93 bits per heavy atom. The van der Waals surface area contributed by atoms with Gasteiger partial charge in [0.25, 0.3) is 0 Å². The molecule has 1 aromatic heterocycles. The molecule has 0 radical (unpaired) electrons. The van der Waals surface area contributed by atoms with Crippen molar-refractivity contribution in [3.8, 4) is 5.75 Å². The fraction of sp³-hybridized carbons (Fsp3) is 0.476. The molecule has 3 rings (SSSR count). The number of hydrogen-bond acceptors (Lipinski definition) is 5. The van der Waals surface area contributed by atoms with Gasteiger partial charge in [-0.2, -0.15) is 0 Å². The van der Waals surface area contributed by atoms with Crippen LogP contribution in [-0.2, 0) is 5.60 Å². The highest BCUT2D eigenvalue weighted by atomic mass is 127. The average Bonchev–Trinajstić information content (AvgIpc) is 3.27. The summed E-state index contributed by atoms with van der Waals surface area (Å²) in [7, 11) is 1.70. The van der Waals surface area contributed by atoms with Crippen LogP contribution in [0.5, 0.6) is 5.75 Å². The van der Waals surface area contributed by atoms with E-state index in [1.165, 1.54) is 0 Å². The summed E-state index contributed by atoms with van der Waals surface area (Å²) in [5.41, 5.74) is -0.0176. The van der Waals surface area contributed by atoms with Gasteiger partial charge in [-0.25, -0.2) is 4.99 Å². The molecular formula is C21H31IN4O3. The fourth-order valence-corrected chi connectivity index (χ4v) is 3.37. The number of furan rings is 1. The second-order valence-electron chi connectivity index (χ2n) is 7.07. The first-order valence-electron chi connectivity index (χ1n) is 9.72. The number of nitrogens with zero attached hydrogens (tertiary/aromatic N) is 3. The Labute approximate surface area is 189 Å². The number of methoxy groups -OCH3 is 1. The number of halogens is 1. The Morgan fingerprint density at radius 3 is 2.55 bits per heavy atom. The van der Waals surface area contributed by atoms with Crippen LogP contribution in [0, 0.1) is 0 Å². The van der Waals surface area contributed by atoms with Crippen molar-refractivity contribution in [2.24, 2.45) is 4.99 Å².